The summed E-state index contributed by atoms with van der Waals surface area (Å²) >= 11 is 9.67. The highest BCUT2D eigenvalue weighted by atomic mass is 79.9. The van der Waals surface area contributed by atoms with E-state index in [1.807, 2.05) is 37.3 Å². The van der Waals surface area contributed by atoms with Crippen molar-refractivity contribution in [2.24, 2.45) is 5.10 Å². The van der Waals surface area contributed by atoms with Gasteiger partial charge in [-0.15, -0.1) is 0 Å². The highest BCUT2D eigenvalue weighted by Gasteiger charge is 2.13. The van der Waals surface area contributed by atoms with E-state index in [1.54, 1.807) is 16.9 Å². The maximum absolute atomic E-state index is 12.0. The second-order valence-electron chi connectivity index (χ2n) is 5.13. The third kappa shape index (κ3) is 3.94. The van der Waals surface area contributed by atoms with Gasteiger partial charge in [-0.3, -0.25) is 9.78 Å². The topological polar surface area (TPSA) is 72.2 Å². The number of nitrogens with one attached hydrogen (secondary N) is 1. The van der Waals surface area contributed by atoms with Crippen molar-refractivity contribution < 1.29 is 4.79 Å². The molecule has 2 heterocycles. The van der Waals surface area contributed by atoms with Gasteiger partial charge < -0.3 is 0 Å². The molecule has 0 atom stereocenters. The molecule has 0 saturated carbocycles. The van der Waals surface area contributed by atoms with Gasteiger partial charge in [0, 0.05) is 16.9 Å². The normalized spacial score (nSPS) is 11.0. The minimum Gasteiger partial charge on any atom is -0.267 e. The number of pyridine rings is 1. The van der Waals surface area contributed by atoms with Gasteiger partial charge in [0.1, 0.15) is 5.15 Å². The fraction of sp³-hybridized carbons (Fsp3) is 0.0588. The van der Waals surface area contributed by atoms with Crippen LogP contribution in [0, 0.1) is 6.92 Å². The largest absolute Gasteiger partial charge is 0.272 e. The van der Waals surface area contributed by atoms with Gasteiger partial charge in [-0.05, 0) is 41.1 Å². The molecule has 0 aliphatic rings. The standard InChI is InChI=1S/C17H13BrClN5O/c1-11-15(16(19)24(23-11)14-5-3-2-4-6-14)10-21-22-17(25)12-7-13(18)9-20-8-12/h2-10H,1H3,(H,22,25)/b21-10+. The number of amides is 1. The molecule has 0 aliphatic carbocycles. The molecule has 2 aromatic heterocycles. The Morgan fingerprint density at radius 1 is 1.32 bits per heavy atom. The fourth-order valence-corrected chi connectivity index (χ4v) is 2.84. The lowest BCUT2D eigenvalue weighted by molar-refractivity contribution is 0.0954. The Kier molecular flexibility index (Phi) is 5.25. The smallest absolute Gasteiger partial charge is 0.267 e. The van der Waals surface area contributed by atoms with E-state index in [-0.39, 0.29) is 5.91 Å². The second-order valence-corrected chi connectivity index (χ2v) is 6.40. The minimum absolute atomic E-state index is 0.366. The first-order valence-electron chi connectivity index (χ1n) is 7.31. The molecular weight excluding hydrogens is 406 g/mol. The predicted molar refractivity (Wildman–Crippen MR) is 100 cm³/mol. The maximum atomic E-state index is 12.0. The fourth-order valence-electron chi connectivity index (χ4n) is 2.15. The van der Waals surface area contributed by atoms with Gasteiger partial charge in [0.15, 0.2) is 0 Å². The van der Waals surface area contributed by atoms with Crippen LogP contribution in [0.1, 0.15) is 21.6 Å². The summed E-state index contributed by atoms with van der Waals surface area (Å²) in [5, 5.41) is 8.81. The summed E-state index contributed by atoms with van der Waals surface area (Å²) in [5.74, 6) is -0.366. The lowest BCUT2D eigenvalue weighted by Crippen LogP contribution is -2.17. The van der Waals surface area contributed by atoms with Gasteiger partial charge in [-0.1, -0.05) is 29.8 Å². The van der Waals surface area contributed by atoms with E-state index in [4.69, 9.17) is 11.6 Å². The third-order valence-corrected chi connectivity index (χ3v) is 4.17. The van der Waals surface area contributed by atoms with E-state index in [9.17, 15) is 4.79 Å². The van der Waals surface area contributed by atoms with Crippen LogP contribution in [0.15, 0.2) is 58.4 Å². The van der Waals surface area contributed by atoms with Crippen LogP contribution >= 0.6 is 27.5 Å². The SMILES string of the molecule is Cc1nn(-c2ccccc2)c(Cl)c1/C=N/NC(=O)c1cncc(Br)c1. The van der Waals surface area contributed by atoms with Crippen molar-refractivity contribution in [1.82, 2.24) is 20.2 Å². The minimum atomic E-state index is -0.366. The average Bonchev–Trinajstić information content (AvgIpc) is 2.90. The number of para-hydroxylation sites is 1. The van der Waals surface area contributed by atoms with Crippen LogP contribution in [-0.2, 0) is 0 Å². The Hall–Kier alpha value is -2.51. The maximum Gasteiger partial charge on any atom is 0.272 e. The zero-order chi connectivity index (χ0) is 17.8. The van der Waals surface area contributed by atoms with E-state index in [0.717, 1.165) is 5.69 Å². The van der Waals surface area contributed by atoms with Crippen molar-refractivity contribution in [3.8, 4) is 5.69 Å². The first-order valence-corrected chi connectivity index (χ1v) is 8.48. The van der Waals surface area contributed by atoms with Gasteiger partial charge in [-0.25, -0.2) is 10.1 Å². The van der Waals surface area contributed by atoms with Crippen LogP contribution < -0.4 is 5.43 Å². The van der Waals surface area contributed by atoms with E-state index in [0.29, 0.717) is 26.4 Å². The summed E-state index contributed by atoms with van der Waals surface area (Å²) in [6.07, 6.45) is 4.54. The first kappa shape index (κ1) is 17.3. The molecule has 3 aromatic rings. The van der Waals surface area contributed by atoms with Gasteiger partial charge in [0.25, 0.3) is 5.91 Å². The number of rotatable bonds is 4. The Morgan fingerprint density at radius 3 is 2.80 bits per heavy atom. The van der Waals surface area contributed by atoms with Crippen LogP contribution in [-0.4, -0.2) is 26.9 Å². The Balaban J connectivity index is 1.78. The average molecular weight is 419 g/mol. The number of hydrazone groups is 1. The lowest BCUT2D eigenvalue weighted by Gasteiger charge is -2.02. The first-order chi connectivity index (χ1) is 12.1. The number of aryl methyl sites for hydroxylation is 1. The van der Waals surface area contributed by atoms with Crippen LogP contribution in [0.3, 0.4) is 0 Å². The molecule has 8 heteroatoms. The van der Waals surface area contributed by atoms with Crippen LogP contribution in [0.2, 0.25) is 5.15 Å². The monoisotopic (exact) mass is 417 g/mol. The van der Waals surface area contributed by atoms with Crippen LogP contribution in [0.25, 0.3) is 5.69 Å². The van der Waals surface area contributed by atoms with E-state index in [1.165, 1.54) is 12.4 Å². The molecule has 1 amide bonds. The highest BCUT2D eigenvalue weighted by molar-refractivity contribution is 9.10. The number of hydrogen-bond donors (Lipinski definition) is 1. The highest BCUT2D eigenvalue weighted by Crippen LogP contribution is 2.21. The Labute approximate surface area is 157 Å². The van der Waals surface area contributed by atoms with Gasteiger partial charge in [0.2, 0.25) is 0 Å². The zero-order valence-corrected chi connectivity index (χ0v) is 15.5. The van der Waals surface area contributed by atoms with Crippen molar-refractivity contribution in [1.29, 1.82) is 0 Å². The second kappa shape index (κ2) is 7.58. The number of carbonyl (C=O) groups excluding carboxylic acids is 1. The van der Waals surface area contributed by atoms with Crippen molar-refractivity contribution in [3.05, 3.63) is 75.2 Å². The van der Waals surface area contributed by atoms with E-state index in [2.05, 4.69) is 36.5 Å². The molecule has 0 bridgehead atoms. The Morgan fingerprint density at radius 2 is 2.08 bits per heavy atom. The summed E-state index contributed by atoms with van der Waals surface area (Å²) in [4.78, 5) is 16.0. The van der Waals surface area contributed by atoms with E-state index >= 15 is 0 Å². The molecule has 0 unspecified atom stereocenters. The molecule has 0 saturated heterocycles. The molecule has 0 fully saturated rings. The summed E-state index contributed by atoms with van der Waals surface area (Å²) < 4.78 is 2.34. The number of halogens is 2. The number of aromatic nitrogens is 3. The number of hydrogen-bond acceptors (Lipinski definition) is 4. The molecule has 3 rings (SSSR count). The molecular formula is C17H13BrClN5O. The summed E-state index contributed by atoms with van der Waals surface area (Å²) in [6, 6.07) is 11.2. The van der Waals surface area contributed by atoms with Gasteiger partial charge in [0.05, 0.1) is 28.7 Å². The van der Waals surface area contributed by atoms with Crippen molar-refractivity contribution >= 4 is 39.7 Å². The molecule has 0 radical (unpaired) electrons. The number of carbonyl (C=O) groups is 1. The molecule has 126 valence electrons. The summed E-state index contributed by atoms with van der Waals surface area (Å²) in [5.41, 5.74) is 5.04. The van der Waals surface area contributed by atoms with Crippen molar-refractivity contribution in [2.45, 2.75) is 6.92 Å². The predicted octanol–water partition coefficient (Wildman–Crippen LogP) is 3.76. The number of benzene rings is 1. The van der Waals surface area contributed by atoms with Crippen molar-refractivity contribution in [3.63, 3.8) is 0 Å². The van der Waals surface area contributed by atoms with Gasteiger partial charge >= 0.3 is 0 Å². The third-order valence-electron chi connectivity index (χ3n) is 3.38. The molecule has 0 aliphatic heterocycles. The lowest BCUT2D eigenvalue weighted by atomic mass is 10.3. The summed E-state index contributed by atoms with van der Waals surface area (Å²) in [7, 11) is 0. The van der Waals surface area contributed by atoms with Crippen LogP contribution in [0.4, 0.5) is 0 Å². The zero-order valence-electron chi connectivity index (χ0n) is 13.1. The molecule has 1 aromatic carbocycles. The van der Waals surface area contributed by atoms with E-state index < -0.39 is 0 Å². The molecule has 1 N–H and O–H groups in total. The Bertz CT molecular complexity index is 939. The molecule has 0 spiro atoms. The van der Waals surface area contributed by atoms with Gasteiger partial charge in [-0.2, -0.15) is 10.2 Å². The summed E-state index contributed by atoms with van der Waals surface area (Å²) in [6.45, 7) is 1.83. The molecule has 25 heavy (non-hydrogen) atoms. The quantitative estimate of drug-likeness (QED) is 0.518. The number of nitrogens with zero attached hydrogens (tertiary/aromatic N) is 4. The van der Waals surface area contributed by atoms with Crippen molar-refractivity contribution in [2.75, 3.05) is 0 Å². The van der Waals surface area contributed by atoms with Crippen LogP contribution in [0.5, 0.6) is 0 Å². The molecule has 6 nitrogen and oxygen atoms in total.